The number of fused-ring (bicyclic) bond motifs is 1. The van der Waals surface area contributed by atoms with Gasteiger partial charge >= 0.3 is 0 Å². The van der Waals surface area contributed by atoms with Crippen molar-refractivity contribution in [1.82, 2.24) is 0 Å². The number of halogens is 2. The monoisotopic (exact) mass is 275 g/mol. The van der Waals surface area contributed by atoms with Gasteiger partial charge in [-0.3, -0.25) is 0 Å². The van der Waals surface area contributed by atoms with Crippen LogP contribution in [0.4, 0.5) is 0 Å². The van der Waals surface area contributed by atoms with Crippen LogP contribution in [0.1, 0.15) is 5.56 Å². The summed E-state index contributed by atoms with van der Waals surface area (Å²) in [4.78, 5) is 0. The average Bonchev–Trinajstić information content (AvgIpc) is 2.63. The Labute approximate surface area is 108 Å². The van der Waals surface area contributed by atoms with Crippen LogP contribution in [0.2, 0.25) is 10.0 Å². The lowest BCUT2D eigenvalue weighted by molar-refractivity contribution is 0.226. The largest absolute Gasteiger partial charge is 0.487 e. The van der Waals surface area contributed by atoms with Crippen LogP contribution < -0.4 is 4.74 Å². The second-order valence-corrected chi connectivity index (χ2v) is 4.96. The van der Waals surface area contributed by atoms with E-state index in [1.54, 1.807) is 13.2 Å². The molecule has 85 valence electrons. The number of ether oxygens (including phenoxy) is 2. The smallest absolute Gasteiger partial charge is 0.180 e. The van der Waals surface area contributed by atoms with Crippen LogP contribution in [-0.2, 0) is 11.3 Å². The first kappa shape index (κ1) is 12.0. The molecule has 2 nitrogen and oxygen atoms in total. The Hall–Kier alpha value is -0.480. The van der Waals surface area contributed by atoms with Crippen LogP contribution >= 0.6 is 34.5 Å². The van der Waals surface area contributed by atoms with Crippen molar-refractivity contribution in [3.05, 3.63) is 34.9 Å². The van der Waals surface area contributed by atoms with Crippen LogP contribution in [0.15, 0.2) is 12.1 Å². The van der Waals surface area contributed by atoms with Gasteiger partial charge in [-0.15, -0.1) is 0 Å². The van der Waals surface area contributed by atoms with Gasteiger partial charge in [-0.05, 0) is 12.1 Å². The van der Waals surface area contributed by atoms with Crippen molar-refractivity contribution in [3.63, 3.8) is 0 Å². The van der Waals surface area contributed by atoms with E-state index in [0.29, 0.717) is 16.7 Å². The maximum atomic E-state index is 6.18. The van der Waals surface area contributed by atoms with Crippen LogP contribution in [0.5, 0.6) is 5.06 Å². The van der Waals surface area contributed by atoms with Gasteiger partial charge in [0.15, 0.2) is 5.06 Å². The Morgan fingerprint density at radius 3 is 2.75 bits per heavy atom. The maximum absolute atomic E-state index is 6.18. The number of thiophene rings is 1. The number of hydrogen-bond acceptors (Lipinski definition) is 3. The van der Waals surface area contributed by atoms with Crippen molar-refractivity contribution in [2.75, 3.05) is 7.11 Å². The molecule has 0 saturated heterocycles. The van der Waals surface area contributed by atoms with Crippen LogP contribution in [-0.4, -0.2) is 7.11 Å². The molecule has 0 unspecified atom stereocenters. The number of benzene rings is 1. The van der Waals surface area contributed by atoms with E-state index in [1.165, 1.54) is 11.3 Å². The van der Waals surface area contributed by atoms with E-state index in [1.807, 2.05) is 6.07 Å². The molecule has 0 fully saturated rings. The first-order chi connectivity index (χ1) is 7.69. The van der Waals surface area contributed by atoms with E-state index in [9.17, 15) is 0 Å². The SMILES string of the molecule is [CH2]OCc1c(OC)sc2ccc(Cl)c(Cl)c12. The predicted octanol–water partition coefficient (Wildman–Crippen LogP) is 4.52. The normalized spacial score (nSPS) is 11.0. The van der Waals surface area contributed by atoms with E-state index in [-0.39, 0.29) is 0 Å². The summed E-state index contributed by atoms with van der Waals surface area (Å²) < 4.78 is 11.2. The Balaban J connectivity index is 2.75. The minimum absolute atomic E-state index is 0.350. The standard InChI is InChI=1S/C11H9Cl2O2S/c1-14-5-6-9-8(16-11(6)15-2)4-3-7(12)10(9)13/h3-4H,1,5H2,2H3. The van der Waals surface area contributed by atoms with Gasteiger partial charge in [0.25, 0.3) is 0 Å². The molecule has 0 bridgehead atoms. The van der Waals surface area contributed by atoms with Crippen LogP contribution in [0, 0.1) is 7.11 Å². The summed E-state index contributed by atoms with van der Waals surface area (Å²) in [5.74, 6) is 0. The topological polar surface area (TPSA) is 18.5 Å². The van der Waals surface area contributed by atoms with Gasteiger partial charge in [0.2, 0.25) is 0 Å². The summed E-state index contributed by atoms with van der Waals surface area (Å²) in [6.07, 6.45) is 0. The highest BCUT2D eigenvalue weighted by molar-refractivity contribution is 7.21. The highest BCUT2D eigenvalue weighted by atomic mass is 35.5. The van der Waals surface area contributed by atoms with Crippen LogP contribution in [0.3, 0.4) is 0 Å². The maximum Gasteiger partial charge on any atom is 0.180 e. The molecule has 0 aliphatic heterocycles. The quantitative estimate of drug-likeness (QED) is 0.820. The molecule has 0 N–H and O–H groups in total. The lowest BCUT2D eigenvalue weighted by Gasteiger charge is -2.03. The number of rotatable bonds is 3. The summed E-state index contributed by atoms with van der Waals surface area (Å²) in [6, 6.07) is 3.69. The van der Waals surface area contributed by atoms with Gasteiger partial charge in [0.1, 0.15) is 0 Å². The first-order valence-electron chi connectivity index (χ1n) is 4.49. The number of methoxy groups -OCH3 is 1. The second kappa shape index (κ2) is 4.80. The molecular formula is C11H9Cl2O2S. The van der Waals surface area contributed by atoms with Crippen molar-refractivity contribution < 1.29 is 9.47 Å². The second-order valence-electron chi connectivity index (χ2n) is 3.16. The van der Waals surface area contributed by atoms with Gasteiger partial charge in [-0.25, -0.2) is 0 Å². The lowest BCUT2D eigenvalue weighted by atomic mass is 10.2. The van der Waals surface area contributed by atoms with Gasteiger partial charge in [0, 0.05) is 15.6 Å². The molecule has 0 aliphatic carbocycles. The van der Waals surface area contributed by atoms with Gasteiger partial charge in [-0.1, -0.05) is 34.5 Å². The zero-order valence-electron chi connectivity index (χ0n) is 8.55. The fourth-order valence-electron chi connectivity index (χ4n) is 1.56. The van der Waals surface area contributed by atoms with Crippen molar-refractivity contribution in [2.24, 2.45) is 0 Å². The third-order valence-electron chi connectivity index (χ3n) is 2.24. The number of hydrogen-bond donors (Lipinski definition) is 0. The Morgan fingerprint density at radius 1 is 1.38 bits per heavy atom. The molecule has 16 heavy (non-hydrogen) atoms. The van der Waals surface area contributed by atoms with Gasteiger partial charge in [0.05, 0.1) is 30.9 Å². The van der Waals surface area contributed by atoms with Gasteiger partial charge < -0.3 is 9.47 Å². The molecule has 0 atom stereocenters. The summed E-state index contributed by atoms with van der Waals surface area (Å²) in [7, 11) is 4.99. The molecule has 0 spiro atoms. The third kappa shape index (κ3) is 1.89. The molecule has 0 aliphatic rings. The van der Waals surface area contributed by atoms with Crippen LogP contribution in [0.25, 0.3) is 10.1 Å². The fourth-order valence-corrected chi connectivity index (χ4v) is 3.08. The van der Waals surface area contributed by atoms with E-state index in [4.69, 9.17) is 32.7 Å². The fraction of sp³-hybridized carbons (Fsp3) is 0.182. The van der Waals surface area contributed by atoms with Crippen molar-refractivity contribution in [3.8, 4) is 5.06 Å². The van der Waals surface area contributed by atoms with Crippen molar-refractivity contribution in [2.45, 2.75) is 6.61 Å². The molecule has 1 radical (unpaired) electrons. The average molecular weight is 276 g/mol. The molecule has 1 aromatic carbocycles. The zero-order valence-corrected chi connectivity index (χ0v) is 10.9. The molecule has 5 heteroatoms. The van der Waals surface area contributed by atoms with Crippen molar-refractivity contribution in [1.29, 1.82) is 0 Å². The summed E-state index contributed by atoms with van der Waals surface area (Å²) in [5, 5.41) is 2.73. The molecule has 0 saturated carbocycles. The third-order valence-corrected chi connectivity index (χ3v) is 4.20. The summed E-state index contributed by atoms with van der Waals surface area (Å²) in [6.45, 7) is 0.350. The molecule has 2 rings (SSSR count). The van der Waals surface area contributed by atoms with E-state index in [0.717, 1.165) is 20.7 Å². The molecule has 0 amide bonds. The highest BCUT2D eigenvalue weighted by Crippen LogP contribution is 2.43. The zero-order chi connectivity index (χ0) is 11.7. The Kier molecular flexibility index (Phi) is 3.60. The molecular weight excluding hydrogens is 267 g/mol. The predicted molar refractivity (Wildman–Crippen MR) is 68.5 cm³/mol. The minimum atomic E-state index is 0.350. The van der Waals surface area contributed by atoms with Crippen molar-refractivity contribution >= 4 is 44.6 Å². The molecule has 1 aromatic heterocycles. The summed E-state index contributed by atoms with van der Waals surface area (Å²) in [5.41, 5.74) is 0.894. The minimum Gasteiger partial charge on any atom is -0.487 e. The van der Waals surface area contributed by atoms with E-state index < -0.39 is 0 Å². The Morgan fingerprint density at radius 2 is 2.12 bits per heavy atom. The van der Waals surface area contributed by atoms with E-state index in [2.05, 4.69) is 7.11 Å². The highest BCUT2D eigenvalue weighted by Gasteiger charge is 2.16. The van der Waals surface area contributed by atoms with Gasteiger partial charge in [-0.2, -0.15) is 0 Å². The lowest BCUT2D eigenvalue weighted by Crippen LogP contribution is -1.89. The molecule has 1 heterocycles. The molecule has 2 aromatic rings. The van der Waals surface area contributed by atoms with E-state index >= 15 is 0 Å². The first-order valence-corrected chi connectivity index (χ1v) is 6.06. The Bertz CT molecular complexity index is 522. The summed E-state index contributed by atoms with van der Waals surface area (Å²) >= 11 is 13.7.